The molecule has 1 aliphatic heterocycles. The maximum Gasteiger partial charge on any atom is 0.294 e. The first-order valence-corrected chi connectivity index (χ1v) is 8.90. The van der Waals surface area contributed by atoms with Crippen LogP contribution < -0.4 is 10.2 Å². The Morgan fingerprint density at radius 3 is 2.92 bits per heavy atom. The number of rotatable bonds is 6. The van der Waals surface area contributed by atoms with Crippen LogP contribution in [0.4, 0.5) is 0 Å². The Morgan fingerprint density at radius 2 is 2.21 bits per heavy atom. The molecule has 0 spiro atoms. The van der Waals surface area contributed by atoms with Gasteiger partial charge >= 0.3 is 0 Å². The zero-order valence-electron chi connectivity index (χ0n) is 13.5. The van der Waals surface area contributed by atoms with Crippen LogP contribution in [0.1, 0.15) is 36.7 Å². The molecule has 3 rings (SSSR count). The number of nitrogens with one attached hydrogen (secondary N) is 1. The molecule has 1 N–H and O–H groups in total. The van der Waals surface area contributed by atoms with Crippen molar-refractivity contribution in [3.8, 4) is 16.3 Å². The standard InChI is InChI=1S/C17H20N2O4S/c1-2-21-13-8-6-12(7-9-13)17-18-14(11-24-17)16(20)19-23-15-5-3-4-10-22-15/h6-9,11,15H,2-5,10H2,1H3,(H,19,20)/t15-/m1/s1. The number of hydrogen-bond acceptors (Lipinski definition) is 6. The average molecular weight is 348 g/mol. The van der Waals surface area contributed by atoms with E-state index in [0.717, 1.165) is 35.6 Å². The number of ether oxygens (including phenoxy) is 2. The van der Waals surface area contributed by atoms with Gasteiger partial charge in [0, 0.05) is 24.0 Å². The summed E-state index contributed by atoms with van der Waals surface area (Å²) < 4.78 is 10.8. The van der Waals surface area contributed by atoms with Gasteiger partial charge in [0.05, 0.1) is 6.61 Å². The van der Waals surface area contributed by atoms with Crippen molar-refractivity contribution in [2.75, 3.05) is 13.2 Å². The fourth-order valence-corrected chi connectivity index (χ4v) is 3.15. The van der Waals surface area contributed by atoms with E-state index in [1.165, 1.54) is 11.3 Å². The summed E-state index contributed by atoms with van der Waals surface area (Å²) >= 11 is 1.41. The maximum atomic E-state index is 12.1. The Labute approximate surface area is 144 Å². The minimum absolute atomic E-state index is 0.333. The molecule has 1 atom stereocenters. The summed E-state index contributed by atoms with van der Waals surface area (Å²) in [5.74, 6) is 0.453. The van der Waals surface area contributed by atoms with Crippen LogP contribution in [0.25, 0.3) is 10.6 Å². The minimum atomic E-state index is -0.369. The Morgan fingerprint density at radius 1 is 1.38 bits per heavy atom. The first kappa shape index (κ1) is 16.9. The van der Waals surface area contributed by atoms with Gasteiger partial charge in [0.2, 0.25) is 0 Å². The summed E-state index contributed by atoms with van der Waals surface area (Å²) in [5, 5.41) is 2.49. The molecule has 1 aromatic heterocycles. The van der Waals surface area contributed by atoms with Crippen molar-refractivity contribution in [3.63, 3.8) is 0 Å². The van der Waals surface area contributed by atoms with E-state index in [-0.39, 0.29) is 12.2 Å². The monoisotopic (exact) mass is 348 g/mol. The van der Waals surface area contributed by atoms with Crippen LogP contribution in [0.15, 0.2) is 29.6 Å². The van der Waals surface area contributed by atoms with Gasteiger partial charge < -0.3 is 9.47 Å². The molecule has 1 amide bonds. The highest BCUT2D eigenvalue weighted by atomic mass is 32.1. The molecule has 1 fully saturated rings. The van der Waals surface area contributed by atoms with Crippen molar-refractivity contribution in [1.82, 2.24) is 10.5 Å². The van der Waals surface area contributed by atoms with E-state index in [4.69, 9.17) is 14.3 Å². The van der Waals surface area contributed by atoms with Crippen molar-refractivity contribution < 1.29 is 19.1 Å². The molecule has 0 radical (unpaired) electrons. The molecule has 0 aliphatic carbocycles. The summed E-state index contributed by atoms with van der Waals surface area (Å²) in [4.78, 5) is 21.8. The summed E-state index contributed by atoms with van der Waals surface area (Å²) in [7, 11) is 0. The third-order valence-electron chi connectivity index (χ3n) is 3.57. The van der Waals surface area contributed by atoms with Crippen LogP contribution in [0.3, 0.4) is 0 Å². The third-order valence-corrected chi connectivity index (χ3v) is 4.46. The maximum absolute atomic E-state index is 12.1. The molecule has 2 heterocycles. The van der Waals surface area contributed by atoms with Gasteiger partial charge in [-0.3, -0.25) is 4.79 Å². The number of hydrogen-bond donors (Lipinski definition) is 1. The van der Waals surface area contributed by atoms with Crippen LogP contribution in [0.2, 0.25) is 0 Å². The smallest absolute Gasteiger partial charge is 0.294 e. The molecule has 1 aliphatic rings. The Balaban J connectivity index is 1.58. The molecule has 0 saturated carbocycles. The summed E-state index contributed by atoms with van der Waals surface area (Å²) in [6.07, 6.45) is 2.49. The highest BCUT2D eigenvalue weighted by Gasteiger charge is 2.18. The van der Waals surface area contributed by atoms with Gasteiger partial charge in [-0.1, -0.05) is 0 Å². The lowest BCUT2D eigenvalue weighted by molar-refractivity contribution is -0.186. The summed E-state index contributed by atoms with van der Waals surface area (Å²) in [6.45, 7) is 3.24. The first-order chi connectivity index (χ1) is 11.8. The van der Waals surface area contributed by atoms with E-state index in [2.05, 4.69) is 10.5 Å². The zero-order valence-corrected chi connectivity index (χ0v) is 14.3. The molecule has 7 heteroatoms. The zero-order chi connectivity index (χ0) is 16.8. The number of nitrogens with zero attached hydrogens (tertiary/aromatic N) is 1. The lowest BCUT2D eigenvalue weighted by Crippen LogP contribution is -2.33. The molecule has 0 unspecified atom stereocenters. The fourth-order valence-electron chi connectivity index (χ4n) is 2.35. The Kier molecular flexibility index (Phi) is 5.79. The van der Waals surface area contributed by atoms with Gasteiger partial charge in [0.15, 0.2) is 6.29 Å². The van der Waals surface area contributed by atoms with E-state index < -0.39 is 0 Å². The largest absolute Gasteiger partial charge is 0.494 e. The number of thiazole rings is 1. The van der Waals surface area contributed by atoms with Crippen LogP contribution in [-0.2, 0) is 9.57 Å². The summed E-state index contributed by atoms with van der Waals surface area (Å²) in [5.41, 5.74) is 3.70. The number of carbonyl (C=O) groups is 1. The van der Waals surface area contributed by atoms with Gasteiger partial charge in [-0.05, 0) is 44.0 Å². The van der Waals surface area contributed by atoms with Gasteiger partial charge in [-0.25, -0.2) is 15.3 Å². The Hall–Kier alpha value is -1.96. The second-order valence-corrected chi connectivity index (χ2v) is 6.20. The minimum Gasteiger partial charge on any atom is -0.494 e. The quantitative estimate of drug-likeness (QED) is 0.810. The van der Waals surface area contributed by atoms with E-state index in [1.54, 1.807) is 5.38 Å². The highest BCUT2D eigenvalue weighted by Crippen LogP contribution is 2.25. The van der Waals surface area contributed by atoms with Crippen LogP contribution in [0, 0.1) is 0 Å². The SMILES string of the molecule is CCOc1ccc(-c2nc(C(=O)NO[C@@H]3CCCCO3)cs2)cc1. The molecule has 1 saturated heterocycles. The van der Waals surface area contributed by atoms with Gasteiger partial charge in [-0.15, -0.1) is 11.3 Å². The number of hydroxylamine groups is 1. The number of aromatic nitrogens is 1. The van der Waals surface area contributed by atoms with E-state index >= 15 is 0 Å². The predicted octanol–water partition coefficient (Wildman–Crippen LogP) is 3.40. The second kappa shape index (κ2) is 8.23. The molecule has 128 valence electrons. The van der Waals surface area contributed by atoms with Crippen molar-refractivity contribution in [1.29, 1.82) is 0 Å². The van der Waals surface area contributed by atoms with E-state index in [1.807, 2.05) is 31.2 Å². The van der Waals surface area contributed by atoms with Crippen molar-refractivity contribution in [2.45, 2.75) is 32.5 Å². The van der Waals surface area contributed by atoms with Gasteiger partial charge in [0.1, 0.15) is 16.5 Å². The number of benzene rings is 1. The number of carbonyl (C=O) groups excluding carboxylic acids is 1. The van der Waals surface area contributed by atoms with E-state index in [9.17, 15) is 4.79 Å². The third kappa shape index (κ3) is 4.31. The first-order valence-electron chi connectivity index (χ1n) is 8.02. The topological polar surface area (TPSA) is 69.7 Å². The number of amides is 1. The van der Waals surface area contributed by atoms with Crippen molar-refractivity contribution >= 4 is 17.2 Å². The van der Waals surface area contributed by atoms with Crippen LogP contribution in [0.5, 0.6) is 5.75 Å². The lowest BCUT2D eigenvalue weighted by Gasteiger charge is -2.21. The van der Waals surface area contributed by atoms with Gasteiger partial charge in [0.25, 0.3) is 5.91 Å². The highest BCUT2D eigenvalue weighted by molar-refractivity contribution is 7.13. The average Bonchev–Trinajstić information content (AvgIpc) is 3.12. The van der Waals surface area contributed by atoms with Crippen LogP contribution in [-0.4, -0.2) is 30.4 Å². The normalized spacial score (nSPS) is 17.5. The predicted molar refractivity (Wildman–Crippen MR) is 90.9 cm³/mol. The van der Waals surface area contributed by atoms with Gasteiger partial charge in [-0.2, -0.15) is 0 Å². The molecule has 0 bridgehead atoms. The molecular weight excluding hydrogens is 328 g/mol. The summed E-state index contributed by atoms with van der Waals surface area (Å²) in [6, 6.07) is 7.64. The molecule has 6 nitrogen and oxygen atoms in total. The lowest BCUT2D eigenvalue weighted by atomic mass is 10.2. The fraction of sp³-hybridized carbons (Fsp3) is 0.412. The van der Waals surface area contributed by atoms with Crippen molar-refractivity contribution in [3.05, 3.63) is 35.3 Å². The molecule has 24 heavy (non-hydrogen) atoms. The molecule has 1 aromatic carbocycles. The van der Waals surface area contributed by atoms with Crippen LogP contribution >= 0.6 is 11.3 Å². The molecular formula is C17H20N2O4S. The van der Waals surface area contributed by atoms with Crippen molar-refractivity contribution in [2.24, 2.45) is 0 Å². The second-order valence-electron chi connectivity index (χ2n) is 5.34. The molecule has 2 aromatic rings. The van der Waals surface area contributed by atoms with E-state index in [0.29, 0.717) is 18.9 Å². The Bertz CT molecular complexity index is 665.